The lowest BCUT2D eigenvalue weighted by Gasteiger charge is -2.35. The van der Waals surface area contributed by atoms with Crippen LogP contribution in [0.25, 0.3) is 0 Å². The molecule has 3 saturated heterocycles. The number of nitrogens with one attached hydrogen (secondary N) is 1. The highest BCUT2D eigenvalue weighted by molar-refractivity contribution is 7.80. The molecule has 2 amide bonds. The van der Waals surface area contributed by atoms with Crippen molar-refractivity contribution in [2.45, 2.75) is 12.5 Å². The van der Waals surface area contributed by atoms with E-state index < -0.39 is 11.9 Å². The summed E-state index contributed by atoms with van der Waals surface area (Å²) in [5, 5.41) is 3.80. The first-order chi connectivity index (χ1) is 15.0. The van der Waals surface area contributed by atoms with Gasteiger partial charge in [-0.15, -0.1) is 0 Å². The van der Waals surface area contributed by atoms with Gasteiger partial charge in [0, 0.05) is 39.3 Å². The molecule has 3 fully saturated rings. The van der Waals surface area contributed by atoms with Crippen molar-refractivity contribution in [3.63, 3.8) is 0 Å². The van der Waals surface area contributed by atoms with E-state index >= 15 is 0 Å². The normalized spacial score (nSPS) is 21.0. The third-order valence-electron chi connectivity index (χ3n) is 5.79. The van der Waals surface area contributed by atoms with Gasteiger partial charge < -0.3 is 29.5 Å². The summed E-state index contributed by atoms with van der Waals surface area (Å²) in [4.78, 5) is 30.9. The largest absolute Gasteiger partial charge is 0.453 e. The fourth-order valence-electron chi connectivity index (χ4n) is 3.85. The molecule has 0 spiro atoms. The maximum Gasteiger partial charge on any atom is 0.414 e. The number of amides is 2. The van der Waals surface area contributed by atoms with Gasteiger partial charge in [0.15, 0.2) is 5.11 Å². The Labute approximate surface area is 185 Å². The summed E-state index contributed by atoms with van der Waals surface area (Å²) in [6.07, 6.45) is -0.102. The number of carbonyl (C=O) groups excluding carboxylic acids is 2. The molecule has 1 atom stereocenters. The van der Waals surface area contributed by atoms with E-state index in [1.54, 1.807) is 17.0 Å². The van der Waals surface area contributed by atoms with E-state index in [1.165, 1.54) is 18.1 Å². The average Bonchev–Trinajstić information content (AvgIpc) is 3.11. The van der Waals surface area contributed by atoms with E-state index in [4.69, 9.17) is 21.7 Å². The maximum absolute atomic E-state index is 14.9. The minimum atomic E-state index is -0.500. The number of piperazine rings is 1. The van der Waals surface area contributed by atoms with Gasteiger partial charge in [0.25, 0.3) is 0 Å². The van der Waals surface area contributed by atoms with Crippen molar-refractivity contribution in [3.05, 3.63) is 24.0 Å². The minimum Gasteiger partial charge on any atom is -0.453 e. The number of anilines is 2. The van der Waals surface area contributed by atoms with Crippen LogP contribution < -0.4 is 15.1 Å². The molecular weight excluding hydrogens is 425 g/mol. The first-order valence-corrected chi connectivity index (χ1v) is 10.8. The van der Waals surface area contributed by atoms with Gasteiger partial charge in [-0.1, -0.05) is 0 Å². The Balaban J connectivity index is 1.34. The molecule has 0 aromatic heterocycles. The zero-order valence-corrected chi connectivity index (χ0v) is 18.2. The highest BCUT2D eigenvalue weighted by atomic mass is 32.1. The van der Waals surface area contributed by atoms with E-state index in [9.17, 15) is 14.0 Å². The van der Waals surface area contributed by atoms with E-state index in [-0.39, 0.29) is 12.2 Å². The molecule has 0 saturated carbocycles. The second-order valence-electron chi connectivity index (χ2n) is 7.72. The Hall–Kier alpha value is -2.82. The molecule has 11 heteroatoms. The highest BCUT2D eigenvalue weighted by Crippen LogP contribution is 2.28. The van der Waals surface area contributed by atoms with Gasteiger partial charge >= 0.3 is 12.2 Å². The fraction of sp³-hybridized carbons (Fsp3) is 0.550. The third-order valence-corrected chi connectivity index (χ3v) is 6.20. The number of carbonyl (C=O) groups is 2. The smallest absolute Gasteiger partial charge is 0.414 e. The molecule has 9 nitrogen and oxygen atoms in total. The Morgan fingerprint density at radius 2 is 1.97 bits per heavy atom. The van der Waals surface area contributed by atoms with Gasteiger partial charge in [-0.05, 0) is 36.8 Å². The number of nitrogens with zero attached hydrogens (tertiary/aromatic N) is 4. The van der Waals surface area contributed by atoms with Crippen LogP contribution in [0.4, 0.5) is 25.4 Å². The number of likely N-dealkylation sites (tertiary alicyclic amines) is 1. The van der Waals surface area contributed by atoms with Crippen LogP contribution in [0.3, 0.4) is 0 Å². The van der Waals surface area contributed by atoms with Crippen molar-refractivity contribution in [1.29, 1.82) is 0 Å². The maximum atomic E-state index is 14.9. The number of cyclic esters (lactones) is 1. The van der Waals surface area contributed by atoms with Crippen LogP contribution in [-0.4, -0.2) is 92.7 Å². The van der Waals surface area contributed by atoms with Gasteiger partial charge in [0.05, 0.1) is 31.6 Å². The lowest BCUT2D eigenvalue weighted by atomic mass is 10.2. The van der Waals surface area contributed by atoms with Gasteiger partial charge in [0.1, 0.15) is 11.9 Å². The lowest BCUT2D eigenvalue weighted by Crippen LogP contribution is -2.49. The standard InChI is InChI=1S/C20H26FN5O4S/c1-29-19(27)25-9-7-23(8-10-25)17-4-3-14(11-16(17)21)26-13-15(30-20(26)28)12-22-18(31)24-5-2-6-24/h3-4,11,15H,2,5-10,12-13H2,1H3,(H,22,31)/t15-/m0/s1. The van der Waals surface area contributed by atoms with Crippen molar-refractivity contribution in [3.8, 4) is 0 Å². The van der Waals surface area contributed by atoms with Crippen molar-refractivity contribution in [2.24, 2.45) is 0 Å². The monoisotopic (exact) mass is 451 g/mol. The van der Waals surface area contributed by atoms with Crippen LogP contribution >= 0.6 is 12.2 Å². The first-order valence-electron chi connectivity index (χ1n) is 10.3. The van der Waals surface area contributed by atoms with Crippen LogP contribution in [0, 0.1) is 5.82 Å². The van der Waals surface area contributed by atoms with E-state index in [0.29, 0.717) is 55.8 Å². The van der Waals surface area contributed by atoms with Crippen LogP contribution in [-0.2, 0) is 9.47 Å². The molecule has 3 aliphatic rings. The second-order valence-corrected chi connectivity index (χ2v) is 8.11. The summed E-state index contributed by atoms with van der Waals surface area (Å²) in [5.74, 6) is -0.419. The predicted molar refractivity (Wildman–Crippen MR) is 117 cm³/mol. The van der Waals surface area contributed by atoms with E-state index in [2.05, 4.69) is 10.2 Å². The number of methoxy groups -OCH3 is 1. The molecule has 1 aromatic rings. The molecule has 0 radical (unpaired) electrons. The molecule has 4 rings (SSSR count). The zero-order chi connectivity index (χ0) is 22.0. The Kier molecular flexibility index (Phi) is 6.30. The molecule has 31 heavy (non-hydrogen) atoms. The quantitative estimate of drug-likeness (QED) is 0.693. The number of ether oxygens (including phenoxy) is 2. The molecule has 0 aliphatic carbocycles. The SMILES string of the molecule is COC(=O)N1CCN(c2ccc(N3C[C@H](CNC(=S)N4CCC4)OC3=O)cc2F)CC1. The fourth-order valence-corrected chi connectivity index (χ4v) is 4.12. The molecule has 0 bridgehead atoms. The van der Waals surface area contributed by atoms with Gasteiger partial charge in [-0.3, -0.25) is 4.90 Å². The highest BCUT2D eigenvalue weighted by Gasteiger charge is 2.33. The minimum absolute atomic E-state index is 0.324. The van der Waals surface area contributed by atoms with Crippen LogP contribution in [0.15, 0.2) is 18.2 Å². The summed E-state index contributed by atoms with van der Waals surface area (Å²) in [5.41, 5.74) is 0.895. The van der Waals surface area contributed by atoms with E-state index in [0.717, 1.165) is 19.5 Å². The van der Waals surface area contributed by atoms with Crippen LogP contribution in [0.5, 0.6) is 0 Å². The number of rotatable bonds is 4. The van der Waals surface area contributed by atoms with Crippen molar-refractivity contribution < 1.29 is 23.5 Å². The molecule has 168 valence electrons. The molecular formula is C20H26FN5O4S. The number of benzene rings is 1. The summed E-state index contributed by atoms with van der Waals surface area (Å²) in [6, 6.07) is 4.73. The number of hydrogen-bond donors (Lipinski definition) is 1. The average molecular weight is 452 g/mol. The Morgan fingerprint density at radius 3 is 2.58 bits per heavy atom. The Morgan fingerprint density at radius 1 is 1.23 bits per heavy atom. The second kappa shape index (κ2) is 9.13. The van der Waals surface area contributed by atoms with Crippen LogP contribution in [0.2, 0.25) is 0 Å². The number of hydrogen-bond acceptors (Lipinski definition) is 6. The predicted octanol–water partition coefficient (Wildman–Crippen LogP) is 1.62. The Bertz CT molecular complexity index is 860. The lowest BCUT2D eigenvalue weighted by molar-refractivity contribution is 0.121. The summed E-state index contributed by atoms with van der Waals surface area (Å²) in [7, 11) is 1.34. The van der Waals surface area contributed by atoms with Gasteiger partial charge in [0.2, 0.25) is 0 Å². The van der Waals surface area contributed by atoms with Crippen molar-refractivity contribution in [1.82, 2.24) is 15.1 Å². The van der Waals surface area contributed by atoms with Crippen LogP contribution in [0.1, 0.15) is 6.42 Å². The van der Waals surface area contributed by atoms with Crippen molar-refractivity contribution in [2.75, 3.05) is 69.3 Å². The van der Waals surface area contributed by atoms with Gasteiger partial charge in [-0.25, -0.2) is 14.0 Å². The molecule has 1 aromatic carbocycles. The first kappa shape index (κ1) is 21.4. The summed E-state index contributed by atoms with van der Waals surface area (Å²) in [6.45, 7) is 4.56. The topological polar surface area (TPSA) is 77.6 Å². The summed E-state index contributed by atoms with van der Waals surface area (Å²) >= 11 is 5.31. The molecule has 1 N–H and O–H groups in total. The zero-order valence-electron chi connectivity index (χ0n) is 17.4. The molecule has 0 unspecified atom stereocenters. The van der Waals surface area contributed by atoms with Crippen molar-refractivity contribution >= 4 is 40.9 Å². The van der Waals surface area contributed by atoms with E-state index in [1.807, 2.05) is 4.90 Å². The molecule has 3 heterocycles. The number of halogens is 1. The number of thiocarbonyl (C=S) groups is 1. The molecule has 3 aliphatic heterocycles. The third kappa shape index (κ3) is 4.60. The summed E-state index contributed by atoms with van der Waals surface area (Å²) < 4.78 is 25.0. The van der Waals surface area contributed by atoms with Gasteiger partial charge in [-0.2, -0.15) is 0 Å².